The topological polar surface area (TPSA) is 75.6 Å². The number of methoxy groups -OCH3 is 1. The van der Waals surface area contributed by atoms with Crippen LogP contribution < -0.4 is 5.32 Å². The van der Waals surface area contributed by atoms with Gasteiger partial charge in [0.05, 0.1) is 5.60 Å². The van der Waals surface area contributed by atoms with E-state index < -0.39 is 23.9 Å². The molecule has 0 rings (SSSR count). The molecule has 0 fully saturated rings. The van der Waals surface area contributed by atoms with Gasteiger partial charge >= 0.3 is 5.97 Å². The molecule has 0 unspecified atom stereocenters. The van der Waals surface area contributed by atoms with E-state index in [1.165, 1.54) is 7.11 Å². The van der Waals surface area contributed by atoms with Crippen molar-refractivity contribution in [3.63, 3.8) is 0 Å². The summed E-state index contributed by atoms with van der Waals surface area (Å²) in [6, 6.07) is 0. The molecule has 0 atom stereocenters. The smallest absolute Gasteiger partial charge is 0.312 e. The van der Waals surface area contributed by atoms with Gasteiger partial charge in [-0.25, -0.2) is 0 Å². The van der Waals surface area contributed by atoms with Crippen LogP contribution in [0.5, 0.6) is 0 Å². The van der Waals surface area contributed by atoms with Gasteiger partial charge in [-0.3, -0.25) is 9.59 Å². The number of aliphatic carboxylic acids is 1. The third-order valence-corrected chi connectivity index (χ3v) is 1.58. The van der Waals surface area contributed by atoms with Crippen molar-refractivity contribution in [1.29, 1.82) is 0 Å². The predicted molar refractivity (Wildman–Crippen MR) is 46.4 cm³/mol. The van der Waals surface area contributed by atoms with Crippen molar-refractivity contribution >= 4 is 11.9 Å². The highest BCUT2D eigenvalue weighted by Crippen LogP contribution is 2.04. The average Bonchev–Trinajstić information content (AvgIpc) is 2.00. The molecule has 0 aromatic heterocycles. The summed E-state index contributed by atoms with van der Waals surface area (Å²) in [5.41, 5.74) is -0.464. The van der Waals surface area contributed by atoms with Crippen LogP contribution in [-0.4, -0.2) is 36.2 Å². The number of carboxylic acids is 1. The van der Waals surface area contributed by atoms with E-state index in [9.17, 15) is 9.59 Å². The molecule has 2 N–H and O–H groups in total. The molecule has 0 aromatic rings. The fraction of sp³-hybridized carbons (Fsp3) is 0.750. The molecule has 0 aliphatic heterocycles. The summed E-state index contributed by atoms with van der Waals surface area (Å²) in [7, 11) is 1.53. The van der Waals surface area contributed by atoms with Gasteiger partial charge in [0, 0.05) is 13.7 Å². The zero-order valence-electron chi connectivity index (χ0n) is 8.09. The second-order valence-electron chi connectivity index (χ2n) is 3.31. The van der Waals surface area contributed by atoms with E-state index in [1.54, 1.807) is 13.8 Å². The highest BCUT2D eigenvalue weighted by molar-refractivity contribution is 5.93. The molecule has 0 saturated heterocycles. The Kier molecular flexibility index (Phi) is 4.40. The lowest BCUT2D eigenvalue weighted by Gasteiger charge is -2.22. The number of carbonyl (C=O) groups is 2. The molecular weight excluding hydrogens is 174 g/mol. The summed E-state index contributed by atoms with van der Waals surface area (Å²) in [4.78, 5) is 21.0. The summed E-state index contributed by atoms with van der Waals surface area (Å²) < 4.78 is 5.03. The van der Waals surface area contributed by atoms with Crippen LogP contribution >= 0.6 is 0 Å². The van der Waals surface area contributed by atoms with Gasteiger partial charge in [0.1, 0.15) is 6.42 Å². The van der Waals surface area contributed by atoms with Gasteiger partial charge in [-0.05, 0) is 13.8 Å². The molecule has 0 heterocycles. The second-order valence-corrected chi connectivity index (χ2v) is 3.31. The third kappa shape index (κ3) is 6.10. The number of rotatable bonds is 5. The Morgan fingerprint density at radius 2 is 2.00 bits per heavy atom. The zero-order valence-corrected chi connectivity index (χ0v) is 8.09. The molecule has 1 amide bonds. The summed E-state index contributed by atoms with van der Waals surface area (Å²) in [5, 5.41) is 10.7. The highest BCUT2D eigenvalue weighted by Gasteiger charge is 2.17. The van der Waals surface area contributed by atoms with Crippen molar-refractivity contribution < 1.29 is 19.4 Å². The Morgan fingerprint density at radius 3 is 2.38 bits per heavy atom. The molecule has 0 aliphatic carbocycles. The first-order valence-corrected chi connectivity index (χ1v) is 3.91. The lowest BCUT2D eigenvalue weighted by atomic mass is 10.1. The summed E-state index contributed by atoms with van der Waals surface area (Å²) in [6.07, 6.45) is -0.500. The van der Waals surface area contributed by atoms with Crippen LogP contribution in [0, 0.1) is 0 Å². The standard InChI is InChI=1S/C8H15NO4/c1-8(2,13-3)5-9-6(10)4-7(11)12/h4-5H2,1-3H3,(H,9,10)(H,11,12). The first kappa shape index (κ1) is 11.9. The Balaban J connectivity index is 3.76. The first-order valence-electron chi connectivity index (χ1n) is 3.91. The molecule has 0 bridgehead atoms. The van der Waals surface area contributed by atoms with E-state index in [1.807, 2.05) is 0 Å². The highest BCUT2D eigenvalue weighted by atomic mass is 16.5. The SMILES string of the molecule is COC(C)(C)CNC(=O)CC(=O)O. The van der Waals surface area contributed by atoms with Crippen molar-refractivity contribution in [2.24, 2.45) is 0 Å². The third-order valence-electron chi connectivity index (χ3n) is 1.58. The number of carbonyl (C=O) groups excluding carboxylic acids is 1. The number of hydrogen-bond donors (Lipinski definition) is 2. The number of hydrogen-bond acceptors (Lipinski definition) is 3. The number of nitrogens with one attached hydrogen (secondary N) is 1. The normalized spacial score (nSPS) is 11.0. The van der Waals surface area contributed by atoms with Crippen molar-refractivity contribution in [3.8, 4) is 0 Å². The second kappa shape index (κ2) is 4.81. The lowest BCUT2D eigenvalue weighted by Crippen LogP contribution is -2.40. The molecule has 13 heavy (non-hydrogen) atoms. The van der Waals surface area contributed by atoms with Crippen LogP contribution in [0.3, 0.4) is 0 Å². The number of ether oxygens (including phenoxy) is 1. The Bertz CT molecular complexity index is 200. The minimum Gasteiger partial charge on any atom is -0.481 e. The minimum atomic E-state index is -1.13. The molecule has 0 aromatic carbocycles. The fourth-order valence-corrected chi connectivity index (χ4v) is 0.583. The first-order chi connectivity index (χ1) is 5.87. The maximum Gasteiger partial charge on any atom is 0.312 e. The van der Waals surface area contributed by atoms with E-state index in [0.29, 0.717) is 6.54 Å². The zero-order chi connectivity index (χ0) is 10.5. The molecule has 5 heteroatoms. The largest absolute Gasteiger partial charge is 0.481 e. The van der Waals surface area contributed by atoms with E-state index in [0.717, 1.165) is 0 Å². The van der Waals surface area contributed by atoms with Crippen molar-refractivity contribution in [1.82, 2.24) is 5.32 Å². The molecule has 5 nitrogen and oxygen atoms in total. The van der Waals surface area contributed by atoms with Crippen LogP contribution in [0.4, 0.5) is 0 Å². The van der Waals surface area contributed by atoms with Gasteiger partial charge < -0.3 is 15.2 Å². The summed E-state index contributed by atoms with van der Waals surface area (Å²) >= 11 is 0. The lowest BCUT2D eigenvalue weighted by molar-refractivity contribution is -0.141. The van der Waals surface area contributed by atoms with Crippen molar-refractivity contribution in [3.05, 3.63) is 0 Å². The van der Waals surface area contributed by atoms with Crippen LogP contribution in [0.25, 0.3) is 0 Å². The Labute approximate surface area is 77.1 Å². The van der Waals surface area contributed by atoms with Gasteiger partial charge in [0.2, 0.25) is 5.91 Å². The fourth-order valence-electron chi connectivity index (χ4n) is 0.583. The van der Waals surface area contributed by atoms with Crippen LogP contribution in [0.15, 0.2) is 0 Å². The Hall–Kier alpha value is -1.10. The van der Waals surface area contributed by atoms with Gasteiger partial charge in [0.25, 0.3) is 0 Å². The maximum atomic E-state index is 10.9. The summed E-state index contributed by atoms with van der Waals surface area (Å²) in [6.45, 7) is 3.90. The minimum absolute atomic E-state index is 0.301. The van der Waals surface area contributed by atoms with Gasteiger partial charge in [-0.15, -0.1) is 0 Å². The molecule has 76 valence electrons. The maximum absolute atomic E-state index is 10.9. The van der Waals surface area contributed by atoms with Crippen molar-refractivity contribution in [2.45, 2.75) is 25.9 Å². The molecule has 0 saturated carbocycles. The van der Waals surface area contributed by atoms with Gasteiger partial charge in [-0.1, -0.05) is 0 Å². The monoisotopic (exact) mass is 189 g/mol. The van der Waals surface area contributed by atoms with E-state index in [2.05, 4.69) is 5.32 Å². The van der Waals surface area contributed by atoms with Crippen LogP contribution in [-0.2, 0) is 14.3 Å². The predicted octanol–water partition coefficient (Wildman–Crippen LogP) is 0.00230. The summed E-state index contributed by atoms with van der Waals surface area (Å²) in [5.74, 6) is -1.63. The van der Waals surface area contributed by atoms with E-state index >= 15 is 0 Å². The average molecular weight is 189 g/mol. The molecular formula is C8H15NO4. The van der Waals surface area contributed by atoms with E-state index in [4.69, 9.17) is 9.84 Å². The number of carboxylic acid groups (broad SMARTS) is 1. The van der Waals surface area contributed by atoms with Crippen molar-refractivity contribution in [2.75, 3.05) is 13.7 Å². The molecule has 0 radical (unpaired) electrons. The van der Waals surface area contributed by atoms with E-state index in [-0.39, 0.29) is 0 Å². The van der Waals surface area contributed by atoms with Gasteiger partial charge in [-0.2, -0.15) is 0 Å². The quantitative estimate of drug-likeness (QED) is 0.597. The van der Waals surface area contributed by atoms with Crippen LogP contribution in [0.2, 0.25) is 0 Å². The molecule has 0 aliphatic rings. The molecule has 0 spiro atoms. The van der Waals surface area contributed by atoms with Crippen LogP contribution in [0.1, 0.15) is 20.3 Å². The number of amides is 1. The van der Waals surface area contributed by atoms with Gasteiger partial charge in [0.15, 0.2) is 0 Å². The Morgan fingerprint density at radius 1 is 1.46 bits per heavy atom.